The van der Waals surface area contributed by atoms with Gasteiger partial charge in [-0.1, -0.05) is 0 Å². The topological polar surface area (TPSA) is 83.0 Å². The van der Waals surface area contributed by atoms with Crippen LogP contribution in [0, 0.1) is 0 Å². The molecule has 1 N–H and O–H groups in total. The molecule has 7 heteroatoms. The molecule has 1 atom stereocenters. The van der Waals surface area contributed by atoms with Gasteiger partial charge < -0.3 is 19.6 Å². The van der Waals surface area contributed by atoms with E-state index in [9.17, 15) is 9.59 Å². The summed E-state index contributed by atoms with van der Waals surface area (Å²) in [5, 5.41) is 8.79. The van der Waals surface area contributed by atoms with Crippen LogP contribution in [0.25, 0.3) is 0 Å². The molecule has 1 aliphatic rings. The summed E-state index contributed by atoms with van der Waals surface area (Å²) in [5.74, 6) is -0.296. The van der Waals surface area contributed by atoms with Gasteiger partial charge in [-0.05, 0) is 12.1 Å². The Hall–Kier alpha value is -2.15. The van der Waals surface area contributed by atoms with Crippen LogP contribution in [-0.4, -0.2) is 66.8 Å². The summed E-state index contributed by atoms with van der Waals surface area (Å²) < 4.78 is 5.36. The Morgan fingerprint density at radius 3 is 2.81 bits per heavy atom. The number of aromatic nitrogens is 1. The van der Waals surface area contributed by atoms with Crippen molar-refractivity contribution in [2.75, 3.05) is 38.7 Å². The molecule has 1 amide bonds. The number of morpholine rings is 1. The van der Waals surface area contributed by atoms with Crippen LogP contribution in [0.2, 0.25) is 0 Å². The molecule has 2 rings (SSSR count). The standard InChI is InChI=1S/C14H19N3O4/c1-16(2)12-4-3-10(8-15-12)14(20)17-5-6-21-11(9-17)7-13(18)19/h3-4,8,11H,5-7,9H2,1-2H3,(H,18,19). The number of ether oxygens (including phenoxy) is 1. The molecule has 0 aliphatic carbocycles. The van der Waals surface area contributed by atoms with E-state index < -0.39 is 12.1 Å². The van der Waals surface area contributed by atoms with Crippen LogP contribution in [0.15, 0.2) is 18.3 Å². The Bertz CT molecular complexity index is 515. The van der Waals surface area contributed by atoms with Gasteiger partial charge in [-0.2, -0.15) is 0 Å². The Morgan fingerprint density at radius 2 is 2.24 bits per heavy atom. The van der Waals surface area contributed by atoms with Crippen molar-refractivity contribution in [3.8, 4) is 0 Å². The van der Waals surface area contributed by atoms with Gasteiger partial charge in [0.2, 0.25) is 0 Å². The van der Waals surface area contributed by atoms with Crippen LogP contribution in [0.1, 0.15) is 16.8 Å². The average molecular weight is 293 g/mol. The van der Waals surface area contributed by atoms with Gasteiger partial charge in [-0.25, -0.2) is 4.98 Å². The molecule has 1 aromatic rings. The van der Waals surface area contributed by atoms with Gasteiger partial charge in [-0.3, -0.25) is 9.59 Å². The first kappa shape index (κ1) is 15.2. The number of pyridine rings is 1. The lowest BCUT2D eigenvalue weighted by atomic mass is 10.1. The lowest BCUT2D eigenvalue weighted by molar-refractivity contribution is -0.141. The second-order valence-corrected chi connectivity index (χ2v) is 5.14. The van der Waals surface area contributed by atoms with Gasteiger partial charge in [0.05, 0.1) is 24.7 Å². The Morgan fingerprint density at radius 1 is 1.48 bits per heavy atom. The number of aliphatic carboxylic acids is 1. The Labute approximate surface area is 123 Å². The van der Waals surface area contributed by atoms with E-state index in [0.717, 1.165) is 5.82 Å². The largest absolute Gasteiger partial charge is 0.481 e. The van der Waals surface area contributed by atoms with Crippen molar-refractivity contribution in [1.82, 2.24) is 9.88 Å². The SMILES string of the molecule is CN(C)c1ccc(C(=O)N2CCOC(CC(=O)O)C2)cn1. The molecule has 1 aromatic heterocycles. The van der Waals surface area contributed by atoms with Gasteiger partial charge in [0.1, 0.15) is 5.82 Å². The van der Waals surface area contributed by atoms with Crippen LogP contribution < -0.4 is 4.90 Å². The number of hydrogen-bond donors (Lipinski definition) is 1. The van der Waals surface area contributed by atoms with Crippen molar-refractivity contribution in [2.24, 2.45) is 0 Å². The number of carbonyl (C=O) groups is 2. The molecule has 114 valence electrons. The van der Waals surface area contributed by atoms with Crippen LogP contribution in [0.3, 0.4) is 0 Å². The third kappa shape index (κ3) is 3.91. The molecule has 7 nitrogen and oxygen atoms in total. The second kappa shape index (κ2) is 6.53. The van der Waals surface area contributed by atoms with Gasteiger partial charge in [0.15, 0.2) is 0 Å². The zero-order chi connectivity index (χ0) is 15.4. The summed E-state index contributed by atoms with van der Waals surface area (Å²) >= 11 is 0. The van der Waals surface area contributed by atoms with E-state index in [0.29, 0.717) is 25.3 Å². The highest BCUT2D eigenvalue weighted by molar-refractivity contribution is 5.94. The molecule has 1 aliphatic heterocycles. The number of nitrogens with zero attached hydrogens (tertiary/aromatic N) is 3. The smallest absolute Gasteiger partial charge is 0.306 e. The van der Waals surface area contributed by atoms with Crippen LogP contribution in [0.5, 0.6) is 0 Å². The van der Waals surface area contributed by atoms with Crippen molar-refractivity contribution in [3.05, 3.63) is 23.9 Å². The maximum absolute atomic E-state index is 12.4. The normalized spacial score (nSPS) is 18.4. The number of hydrogen-bond acceptors (Lipinski definition) is 5. The van der Waals surface area contributed by atoms with E-state index in [4.69, 9.17) is 9.84 Å². The van der Waals surface area contributed by atoms with Crippen LogP contribution in [0.4, 0.5) is 5.82 Å². The number of carboxylic acid groups (broad SMARTS) is 1. The van der Waals surface area contributed by atoms with Gasteiger partial charge in [-0.15, -0.1) is 0 Å². The maximum atomic E-state index is 12.4. The Balaban J connectivity index is 2.03. The summed E-state index contributed by atoms with van der Waals surface area (Å²) in [6.07, 6.45) is 0.996. The van der Waals surface area contributed by atoms with Crippen molar-refractivity contribution in [3.63, 3.8) is 0 Å². The molecule has 0 spiro atoms. The van der Waals surface area contributed by atoms with Crippen molar-refractivity contribution < 1.29 is 19.4 Å². The minimum Gasteiger partial charge on any atom is -0.481 e. The summed E-state index contributed by atoms with van der Waals surface area (Å²) in [5.41, 5.74) is 0.497. The highest BCUT2D eigenvalue weighted by atomic mass is 16.5. The molecule has 2 heterocycles. The fourth-order valence-electron chi connectivity index (χ4n) is 2.18. The van der Waals surface area contributed by atoms with Gasteiger partial charge in [0.25, 0.3) is 5.91 Å². The monoisotopic (exact) mass is 293 g/mol. The number of rotatable bonds is 4. The van der Waals surface area contributed by atoms with E-state index in [-0.39, 0.29) is 12.3 Å². The molecule has 1 fully saturated rings. The molecule has 0 aromatic carbocycles. The first-order valence-electron chi connectivity index (χ1n) is 6.73. The van der Waals surface area contributed by atoms with Crippen LogP contribution >= 0.6 is 0 Å². The molecule has 21 heavy (non-hydrogen) atoms. The third-order valence-electron chi connectivity index (χ3n) is 3.28. The third-order valence-corrected chi connectivity index (χ3v) is 3.28. The van der Waals surface area contributed by atoms with E-state index in [1.807, 2.05) is 19.0 Å². The summed E-state index contributed by atoms with van der Waals surface area (Å²) in [7, 11) is 3.75. The fraction of sp³-hybridized carbons (Fsp3) is 0.500. The number of carboxylic acids is 1. The molecule has 0 saturated carbocycles. The lowest BCUT2D eigenvalue weighted by Gasteiger charge is -2.32. The zero-order valence-corrected chi connectivity index (χ0v) is 12.2. The second-order valence-electron chi connectivity index (χ2n) is 5.14. The molecule has 0 radical (unpaired) electrons. The van der Waals surface area contributed by atoms with E-state index >= 15 is 0 Å². The van der Waals surface area contributed by atoms with E-state index in [2.05, 4.69) is 4.98 Å². The lowest BCUT2D eigenvalue weighted by Crippen LogP contribution is -2.46. The quantitative estimate of drug-likeness (QED) is 0.868. The minimum absolute atomic E-state index is 0.0956. The van der Waals surface area contributed by atoms with Crippen molar-refractivity contribution in [1.29, 1.82) is 0 Å². The highest BCUT2D eigenvalue weighted by Gasteiger charge is 2.26. The number of carbonyl (C=O) groups excluding carboxylic acids is 1. The molecule has 1 saturated heterocycles. The van der Waals surface area contributed by atoms with E-state index in [1.165, 1.54) is 0 Å². The Kier molecular flexibility index (Phi) is 4.74. The molecule has 0 bridgehead atoms. The minimum atomic E-state index is -0.925. The van der Waals surface area contributed by atoms with Crippen molar-refractivity contribution >= 4 is 17.7 Å². The first-order valence-corrected chi connectivity index (χ1v) is 6.73. The first-order chi connectivity index (χ1) is 9.97. The van der Waals surface area contributed by atoms with E-state index in [1.54, 1.807) is 23.2 Å². The predicted octanol–water partition coefficient (Wildman–Crippen LogP) is 0.463. The molecule has 1 unspecified atom stereocenters. The highest BCUT2D eigenvalue weighted by Crippen LogP contribution is 2.14. The van der Waals surface area contributed by atoms with Crippen LogP contribution in [-0.2, 0) is 9.53 Å². The fourth-order valence-corrected chi connectivity index (χ4v) is 2.18. The maximum Gasteiger partial charge on any atom is 0.306 e. The van der Waals surface area contributed by atoms with Crippen molar-refractivity contribution in [2.45, 2.75) is 12.5 Å². The summed E-state index contributed by atoms with van der Waals surface area (Å²) in [6, 6.07) is 3.51. The summed E-state index contributed by atoms with van der Waals surface area (Å²) in [4.78, 5) is 30.8. The molecular weight excluding hydrogens is 274 g/mol. The van der Waals surface area contributed by atoms with Gasteiger partial charge in [0, 0.05) is 33.4 Å². The van der Waals surface area contributed by atoms with Gasteiger partial charge >= 0.3 is 5.97 Å². The zero-order valence-electron chi connectivity index (χ0n) is 12.2. The number of amides is 1. The predicted molar refractivity (Wildman–Crippen MR) is 76.5 cm³/mol. The summed E-state index contributed by atoms with van der Waals surface area (Å²) in [6.45, 7) is 1.11. The number of anilines is 1. The average Bonchev–Trinajstić information content (AvgIpc) is 2.46. The molecular formula is C14H19N3O4.